The van der Waals surface area contributed by atoms with Crippen molar-refractivity contribution in [2.75, 3.05) is 12.0 Å². The molecular weight excluding hydrogens is 378 g/mol. The van der Waals surface area contributed by atoms with Crippen LogP contribution in [0.3, 0.4) is 0 Å². The first kappa shape index (κ1) is 21.6. The van der Waals surface area contributed by atoms with Crippen LogP contribution in [0.25, 0.3) is 0 Å². The van der Waals surface area contributed by atoms with Crippen LogP contribution >= 0.6 is 0 Å². The fourth-order valence-corrected chi connectivity index (χ4v) is 3.68. The van der Waals surface area contributed by atoms with Gasteiger partial charge in [0.1, 0.15) is 5.75 Å². The number of aliphatic hydroxyl groups excluding tert-OH is 1. The van der Waals surface area contributed by atoms with Crippen molar-refractivity contribution in [2.45, 2.75) is 46.1 Å². The minimum absolute atomic E-state index is 0.0289. The molecule has 30 heavy (non-hydrogen) atoms. The zero-order valence-electron chi connectivity index (χ0n) is 18.4. The molecule has 1 N–H and O–H groups in total. The predicted molar refractivity (Wildman–Crippen MR) is 118 cm³/mol. The quantitative estimate of drug-likeness (QED) is 0.747. The predicted octanol–water partition coefficient (Wildman–Crippen LogP) is 5.12. The number of ketones is 1. The van der Waals surface area contributed by atoms with Crippen molar-refractivity contribution in [1.29, 1.82) is 0 Å². The first-order valence-electron chi connectivity index (χ1n) is 10.1. The van der Waals surface area contributed by atoms with Crippen LogP contribution in [0.15, 0.2) is 59.9 Å². The van der Waals surface area contributed by atoms with Crippen LogP contribution in [0.2, 0.25) is 0 Å². The number of nitrogens with zero attached hydrogens (tertiary/aromatic N) is 1. The van der Waals surface area contributed by atoms with E-state index in [1.165, 1.54) is 4.90 Å². The smallest absolute Gasteiger partial charge is 0.294 e. The normalized spacial score (nSPS) is 17.1. The summed E-state index contributed by atoms with van der Waals surface area (Å²) >= 11 is 0. The molecule has 158 valence electrons. The van der Waals surface area contributed by atoms with Gasteiger partial charge in [0.25, 0.3) is 5.91 Å². The third-order valence-corrected chi connectivity index (χ3v) is 5.42. The Bertz CT molecular complexity index is 997. The topological polar surface area (TPSA) is 66.8 Å². The van der Waals surface area contributed by atoms with Crippen molar-refractivity contribution in [3.05, 3.63) is 71.0 Å². The van der Waals surface area contributed by atoms with Crippen LogP contribution in [0.4, 0.5) is 5.69 Å². The highest BCUT2D eigenvalue weighted by Crippen LogP contribution is 2.42. The van der Waals surface area contributed by atoms with Crippen LogP contribution in [0, 0.1) is 5.92 Å². The van der Waals surface area contributed by atoms with E-state index in [0.717, 1.165) is 5.56 Å². The van der Waals surface area contributed by atoms with E-state index in [1.54, 1.807) is 33.1 Å². The van der Waals surface area contributed by atoms with Gasteiger partial charge in [-0.25, -0.2) is 0 Å². The number of hydrogen-bond acceptors (Lipinski definition) is 4. The Hall–Kier alpha value is -3.08. The fraction of sp³-hybridized carbons (Fsp3) is 0.360. The summed E-state index contributed by atoms with van der Waals surface area (Å²) in [5.74, 6) is -1.05. The number of carbonyl (C=O) groups is 2. The van der Waals surface area contributed by atoms with Crippen molar-refractivity contribution >= 4 is 17.4 Å². The Kier molecular flexibility index (Phi) is 5.75. The number of rotatable bonds is 5. The van der Waals surface area contributed by atoms with Crippen LogP contribution in [0.1, 0.15) is 51.8 Å². The molecule has 0 fully saturated rings. The lowest BCUT2D eigenvalue weighted by atomic mass is 9.87. The highest BCUT2D eigenvalue weighted by atomic mass is 16.5. The third-order valence-electron chi connectivity index (χ3n) is 5.42. The summed E-state index contributed by atoms with van der Waals surface area (Å²) in [5.41, 5.74) is 2.56. The Morgan fingerprint density at radius 3 is 2.27 bits per heavy atom. The SMILES string of the molecule is COc1cccc(C2C(C(=O)C(C)C)=C(O)C(=O)N2c2ccc(C(C)(C)C)cc2)c1. The summed E-state index contributed by atoms with van der Waals surface area (Å²) in [6, 6.07) is 14.2. The van der Waals surface area contributed by atoms with Crippen LogP contribution < -0.4 is 9.64 Å². The molecule has 3 rings (SSSR count). The van der Waals surface area contributed by atoms with E-state index in [1.807, 2.05) is 36.4 Å². The van der Waals surface area contributed by atoms with Gasteiger partial charge in [-0.2, -0.15) is 0 Å². The number of anilines is 1. The molecule has 0 saturated carbocycles. The lowest BCUT2D eigenvalue weighted by Gasteiger charge is -2.28. The summed E-state index contributed by atoms with van der Waals surface area (Å²) in [7, 11) is 1.56. The maximum Gasteiger partial charge on any atom is 0.294 e. The van der Waals surface area contributed by atoms with Gasteiger partial charge in [0.2, 0.25) is 0 Å². The molecule has 0 saturated heterocycles. The molecule has 1 atom stereocenters. The average Bonchev–Trinajstić information content (AvgIpc) is 2.97. The van der Waals surface area contributed by atoms with E-state index in [0.29, 0.717) is 17.0 Å². The molecule has 1 unspecified atom stereocenters. The molecule has 1 heterocycles. The summed E-state index contributed by atoms with van der Waals surface area (Å²) in [4.78, 5) is 27.6. The highest BCUT2D eigenvalue weighted by molar-refractivity contribution is 6.16. The zero-order valence-corrected chi connectivity index (χ0v) is 18.4. The average molecular weight is 408 g/mol. The van der Waals surface area contributed by atoms with Gasteiger partial charge in [-0.1, -0.05) is 58.9 Å². The summed E-state index contributed by atoms with van der Waals surface area (Å²) in [5, 5.41) is 10.7. The summed E-state index contributed by atoms with van der Waals surface area (Å²) < 4.78 is 5.34. The van der Waals surface area contributed by atoms with E-state index in [4.69, 9.17) is 4.74 Å². The number of methoxy groups -OCH3 is 1. The van der Waals surface area contributed by atoms with Gasteiger partial charge in [-0.3, -0.25) is 14.5 Å². The van der Waals surface area contributed by atoms with Gasteiger partial charge < -0.3 is 9.84 Å². The van der Waals surface area contributed by atoms with E-state index >= 15 is 0 Å². The van der Waals surface area contributed by atoms with E-state index in [9.17, 15) is 14.7 Å². The first-order chi connectivity index (χ1) is 14.1. The van der Waals surface area contributed by atoms with Crippen molar-refractivity contribution in [1.82, 2.24) is 0 Å². The van der Waals surface area contributed by atoms with Gasteiger partial charge in [-0.15, -0.1) is 0 Å². The minimum atomic E-state index is -0.719. The highest BCUT2D eigenvalue weighted by Gasteiger charge is 2.44. The molecule has 1 amide bonds. The van der Waals surface area contributed by atoms with Crippen molar-refractivity contribution in [2.24, 2.45) is 5.92 Å². The van der Waals surface area contributed by atoms with Crippen molar-refractivity contribution in [3.63, 3.8) is 0 Å². The molecule has 0 spiro atoms. The van der Waals surface area contributed by atoms with Crippen molar-refractivity contribution < 1.29 is 19.4 Å². The Morgan fingerprint density at radius 2 is 1.73 bits per heavy atom. The second kappa shape index (κ2) is 7.98. The van der Waals surface area contributed by atoms with Crippen LogP contribution in [0.5, 0.6) is 5.75 Å². The van der Waals surface area contributed by atoms with Crippen LogP contribution in [-0.2, 0) is 15.0 Å². The number of ether oxygens (including phenoxy) is 1. The van der Waals surface area contributed by atoms with Crippen LogP contribution in [-0.4, -0.2) is 23.9 Å². The Balaban J connectivity index is 2.16. The Morgan fingerprint density at radius 1 is 1.10 bits per heavy atom. The second-order valence-corrected chi connectivity index (χ2v) is 8.93. The van der Waals surface area contributed by atoms with E-state index in [-0.39, 0.29) is 22.7 Å². The third kappa shape index (κ3) is 3.84. The zero-order chi connectivity index (χ0) is 22.2. The number of benzene rings is 2. The van der Waals surface area contributed by atoms with Gasteiger partial charge >= 0.3 is 0 Å². The second-order valence-electron chi connectivity index (χ2n) is 8.93. The molecule has 0 radical (unpaired) electrons. The maximum absolute atomic E-state index is 13.1. The molecule has 2 aromatic rings. The van der Waals surface area contributed by atoms with Gasteiger partial charge in [-0.05, 0) is 40.8 Å². The van der Waals surface area contributed by atoms with Gasteiger partial charge in [0, 0.05) is 11.6 Å². The largest absolute Gasteiger partial charge is 0.503 e. The molecule has 0 aliphatic carbocycles. The molecule has 1 aliphatic rings. The number of aliphatic hydroxyl groups is 1. The summed E-state index contributed by atoms with van der Waals surface area (Å²) in [6.07, 6.45) is 0. The number of Topliss-reactive ketones (excluding diaryl/α,β-unsaturated/α-hetero) is 1. The fourth-order valence-electron chi connectivity index (χ4n) is 3.68. The molecule has 0 aromatic heterocycles. The van der Waals surface area contributed by atoms with E-state index in [2.05, 4.69) is 20.8 Å². The Labute approximate surface area is 178 Å². The molecule has 5 nitrogen and oxygen atoms in total. The van der Waals surface area contributed by atoms with Gasteiger partial charge in [0.05, 0.1) is 18.7 Å². The maximum atomic E-state index is 13.1. The number of hydrogen-bond donors (Lipinski definition) is 1. The molecule has 1 aliphatic heterocycles. The number of amides is 1. The lowest BCUT2D eigenvalue weighted by molar-refractivity contribution is -0.119. The molecule has 0 bridgehead atoms. The molecular formula is C25H29NO4. The minimum Gasteiger partial charge on any atom is -0.503 e. The van der Waals surface area contributed by atoms with E-state index < -0.39 is 17.7 Å². The van der Waals surface area contributed by atoms with Crippen molar-refractivity contribution in [3.8, 4) is 5.75 Å². The van der Waals surface area contributed by atoms with Gasteiger partial charge in [0.15, 0.2) is 11.5 Å². The first-order valence-corrected chi connectivity index (χ1v) is 10.1. The molecule has 2 aromatic carbocycles. The number of carbonyl (C=O) groups excluding carboxylic acids is 2. The molecule has 5 heteroatoms. The monoisotopic (exact) mass is 407 g/mol. The summed E-state index contributed by atoms with van der Waals surface area (Å²) in [6.45, 7) is 9.88. The standard InChI is InChI=1S/C25H29NO4/c1-15(2)22(27)20-21(16-8-7-9-19(14-16)30-6)26(24(29)23(20)28)18-12-10-17(11-13-18)25(3,4)5/h7-15,21,28H,1-6H3. The lowest BCUT2D eigenvalue weighted by Crippen LogP contribution is -2.31.